The number of piperidine rings is 1. The second-order valence-corrected chi connectivity index (χ2v) is 9.61. The van der Waals surface area contributed by atoms with E-state index in [1.165, 1.54) is 0 Å². The van der Waals surface area contributed by atoms with E-state index < -0.39 is 0 Å². The van der Waals surface area contributed by atoms with Crippen LogP contribution < -0.4 is 5.32 Å². The summed E-state index contributed by atoms with van der Waals surface area (Å²) in [5, 5.41) is 4.00. The van der Waals surface area contributed by atoms with Crippen molar-refractivity contribution in [3.8, 4) is 0 Å². The van der Waals surface area contributed by atoms with E-state index in [1.807, 2.05) is 56.0 Å². The molecule has 2 aromatic rings. The zero-order chi connectivity index (χ0) is 20.6. The number of amides is 2. The second kappa shape index (κ2) is 7.77. The number of para-hydroxylation sites is 1. The molecule has 1 unspecified atom stereocenters. The zero-order valence-corrected chi connectivity index (χ0v) is 17.7. The highest BCUT2D eigenvalue weighted by Gasteiger charge is 2.30. The molecule has 0 radical (unpaired) electrons. The molecule has 2 amide bonds. The molecular formula is C24H31N3O2. The number of rotatable bonds is 4. The number of fused-ring (bicyclic) bond motifs is 1. The highest BCUT2D eigenvalue weighted by molar-refractivity contribution is 6.06. The maximum absolute atomic E-state index is 13.5. The molecule has 1 aliphatic carbocycles. The fourth-order valence-corrected chi connectivity index (χ4v) is 4.05. The lowest BCUT2D eigenvalue weighted by atomic mass is 9.93. The van der Waals surface area contributed by atoms with Gasteiger partial charge in [-0.05, 0) is 43.7 Å². The maximum Gasteiger partial charge on any atom is 0.254 e. The minimum atomic E-state index is -0.390. The molecule has 4 rings (SSSR count). The predicted octanol–water partition coefficient (Wildman–Crippen LogP) is 4.13. The number of carbonyl (C=O) groups excluding carboxylic acids is 2. The highest BCUT2D eigenvalue weighted by atomic mass is 16.2. The Morgan fingerprint density at radius 3 is 2.66 bits per heavy atom. The zero-order valence-electron chi connectivity index (χ0n) is 17.7. The van der Waals surface area contributed by atoms with Gasteiger partial charge in [0, 0.05) is 42.0 Å². The second-order valence-electron chi connectivity index (χ2n) is 9.61. The van der Waals surface area contributed by atoms with Crippen LogP contribution in [0.4, 0.5) is 0 Å². The molecule has 2 heterocycles. The Hall–Kier alpha value is -2.43. The summed E-state index contributed by atoms with van der Waals surface area (Å²) in [6.45, 7) is 7.86. The van der Waals surface area contributed by atoms with Gasteiger partial charge in [0.15, 0.2) is 0 Å². The van der Waals surface area contributed by atoms with Crippen molar-refractivity contribution >= 4 is 22.7 Å². The van der Waals surface area contributed by atoms with Crippen molar-refractivity contribution in [3.05, 3.63) is 41.6 Å². The van der Waals surface area contributed by atoms with E-state index in [2.05, 4.69) is 5.32 Å². The van der Waals surface area contributed by atoms with Gasteiger partial charge in [-0.1, -0.05) is 39.0 Å². The van der Waals surface area contributed by atoms with Crippen LogP contribution in [0.5, 0.6) is 0 Å². The van der Waals surface area contributed by atoms with Crippen LogP contribution in [0.25, 0.3) is 10.9 Å². The molecule has 0 bridgehead atoms. The summed E-state index contributed by atoms with van der Waals surface area (Å²) >= 11 is 0. The van der Waals surface area contributed by atoms with Crippen molar-refractivity contribution in [2.45, 2.75) is 52.4 Å². The van der Waals surface area contributed by atoms with Gasteiger partial charge in [0.05, 0.1) is 11.1 Å². The number of hydrogen-bond donors (Lipinski definition) is 1. The fraction of sp³-hybridized carbons (Fsp3) is 0.542. The average Bonchev–Trinajstić information content (AvgIpc) is 3.55. The van der Waals surface area contributed by atoms with Crippen LogP contribution in [-0.4, -0.2) is 41.3 Å². The normalized spacial score (nSPS) is 20.0. The molecule has 5 nitrogen and oxygen atoms in total. The minimum absolute atomic E-state index is 0.0650. The van der Waals surface area contributed by atoms with Gasteiger partial charge in [-0.3, -0.25) is 14.6 Å². The molecule has 2 aliphatic rings. The van der Waals surface area contributed by atoms with Crippen LogP contribution in [0.15, 0.2) is 30.3 Å². The number of benzene rings is 1. The largest absolute Gasteiger partial charge is 0.355 e. The summed E-state index contributed by atoms with van der Waals surface area (Å²) < 4.78 is 0. The van der Waals surface area contributed by atoms with E-state index in [4.69, 9.17) is 4.98 Å². The molecule has 1 aromatic carbocycles. The number of nitrogens with one attached hydrogen (secondary N) is 1. The lowest BCUT2D eigenvalue weighted by Crippen LogP contribution is -2.45. The number of carbonyl (C=O) groups is 2. The van der Waals surface area contributed by atoms with E-state index in [9.17, 15) is 9.59 Å². The topological polar surface area (TPSA) is 62.3 Å². The summed E-state index contributed by atoms with van der Waals surface area (Å²) in [4.78, 5) is 32.4. The monoisotopic (exact) mass is 393 g/mol. The number of hydrogen-bond acceptors (Lipinski definition) is 3. The smallest absolute Gasteiger partial charge is 0.254 e. The summed E-state index contributed by atoms with van der Waals surface area (Å²) in [7, 11) is 0. The molecule has 1 N–H and O–H groups in total. The Kier molecular flexibility index (Phi) is 5.32. The first kappa shape index (κ1) is 19.9. The van der Waals surface area contributed by atoms with E-state index in [1.54, 1.807) is 0 Å². The van der Waals surface area contributed by atoms with Gasteiger partial charge in [-0.2, -0.15) is 0 Å². The van der Waals surface area contributed by atoms with Crippen molar-refractivity contribution in [3.63, 3.8) is 0 Å². The quantitative estimate of drug-likeness (QED) is 0.850. The van der Waals surface area contributed by atoms with Gasteiger partial charge < -0.3 is 10.2 Å². The molecule has 1 aromatic heterocycles. The first-order valence-corrected chi connectivity index (χ1v) is 10.8. The van der Waals surface area contributed by atoms with Gasteiger partial charge in [-0.15, -0.1) is 0 Å². The van der Waals surface area contributed by atoms with Crippen LogP contribution >= 0.6 is 0 Å². The predicted molar refractivity (Wildman–Crippen MR) is 115 cm³/mol. The van der Waals surface area contributed by atoms with Gasteiger partial charge >= 0.3 is 0 Å². The summed E-state index contributed by atoms with van der Waals surface area (Å²) in [6, 6.07) is 9.97. The molecular weight excluding hydrogens is 362 g/mol. The fourth-order valence-electron chi connectivity index (χ4n) is 4.05. The Morgan fingerprint density at radius 1 is 1.17 bits per heavy atom. The number of nitrogens with zero attached hydrogens (tertiary/aromatic N) is 2. The Bertz CT molecular complexity index is 927. The van der Waals surface area contributed by atoms with Crippen molar-refractivity contribution < 1.29 is 9.59 Å². The Balaban J connectivity index is 1.51. The molecule has 1 aliphatic heterocycles. The summed E-state index contributed by atoms with van der Waals surface area (Å²) in [5.74, 6) is 0.968. The average molecular weight is 394 g/mol. The summed E-state index contributed by atoms with van der Waals surface area (Å²) in [6.07, 6.45) is 4.34. The minimum Gasteiger partial charge on any atom is -0.355 e. The third-order valence-corrected chi connectivity index (χ3v) is 6.00. The lowest BCUT2D eigenvalue weighted by molar-refractivity contribution is -0.128. The molecule has 29 heavy (non-hydrogen) atoms. The van der Waals surface area contributed by atoms with Crippen molar-refractivity contribution in [1.82, 2.24) is 15.2 Å². The molecule has 1 saturated carbocycles. The van der Waals surface area contributed by atoms with Crippen LogP contribution in [-0.2, 0) is 4.79 Å². The van der Waals surface area contributed by atoms with Crippen molar-refractivity contribution in [2.75, 3.05) is 19.6 Å². The highest BCUT2D eigenvalue weighted by Crippen LogP contribution is 2.40. The first-order chi connectivity index (χ1) is 13.8. The Labute approximate surface area is 172 Å². The van der Waals surface area contributed by atoms with Crippen LogP contribution in [0, 0.1) is 11.3 Å². The van der Waals surface area contributed by atoms with Crippen LogP contribution in [0.1, 0.15) is 68.4 Å². The SMILES string of the molecule is CC(C)(C)C(=O)NCC1CCCN(C(=O)c2cc(C3CC3)nc3ccccc23)C1. The van der Waals surface area contributed by atoms with Gasteiger partial charge in [0.25, 0.3) is 5.91 Å². The van der Waals surface area contributed by atoms with Gasteiger partial charge in [0.1, 0.15) is 0 Å². The van der Waals surface area contributed by atoms with E-state index in [0.717, 1.165) is 54.4 Å². The van der Waals surface area contributed by atoms with E-state index >= 15 is 0 Å². The molecule has 0 spiro atoms. The lowest BCUT2D eigenvalue weighted by Gasteiger charge is -2.33. The summed E-state index contributed by atoms with van der Waals surface area (Å²) in [5.41, 5.74) is 2.35. The molecule has 5 heteroatoms. The number of aromatic nitrogens is 1. The maximum atomic E-state index is 13.5. The standard InChI is InChI=1S/C24H31N3O2/c1-24(2,3)23(29)25-14-16-7-6-12-27(15-16)22(28)19-13-21(17-10-11-17)26-20-9-5-4-8-18(19)20/h4-5,8-9,13,16-17H,6-7,10-12,14-15H2,1-3H3,(H,25,29). The number of pyridine rings is 1. The van der Waals surface area contributed by atoms with Crippen molar-refractivity contribution in [1.29, 1.82) is 0 Å². The van der Waals surface area contributed by atoms with E-state index in [-0.39, 0.29) is 17.2 Å². The molecule has 1 saturated heterocycles. The molecule has 2 fully saturated rings. The Morgan fingerprint density at radius 2 is 1.93 bits per heavy atom. The van der Waals surface area contributed by atoms with Crippen LogP contribution in [0.2, 0.25) is 0 Å². The van der Waals surface area contributed by atoms with Crippen LogP contribution in [0.3, 0.4) is 0 Å². The number of likely N-dealkylation sites (tertiary alicyclic amines) is 1. The third kappa shape index (κ3) is 4.44. The van der Waals surface area contributed by atoms with Crippen molar-refractivity contribution in [2.24, 2.45) is 11.3 Å². The third-order valence-electron chi connectivity index (χ3n) is 6.00. The first-order valence-electron chi connectivity index (χ1n) is 10.8. The van der Waals surface area contributed by atoms with E-state index in [0.29, 0.717) is 24.9 Å². The molecule has 154 valence electrons. The van der Waals surface area contributed by atoms with Gasteiger partial charge in [-0.25, -0.2) is 0 Å². The van der Waals surface area contributed by atoms with Gasteiger partial charge in [0.2, 0.25) is 5.91 Å². The molecule has 1 atom stereocenters.